The predicted molar refractivity (Wildman–Crippen MR) is 107 cm³/mol. The second-order valence-corrected chi connectivity index (χ2v) is 7.96. The zero-order valence-corrected chi connectivity index (χ0v) is 16.8. The summed E-state index contributed by atoms with van der Waals surface area (Å²) in [5, 5.41) is 0. The molecule has 0 heterocycles. The third-order valence-electron chi connectivity index (χ3n) is 5.98. The summed E-state index contributed by atoms with van der Waals surface area (Å²) < 4.78 is 85.3. The Morgan fingerprint density at radius 3 is 2.03 bits per heavy atom. The zero-order valence-electron chi connectivity index (χ0n) is 16.8. The van der Waals surface area contributed by atoms with E-state index in [4.69, 9.17) is 0 Å². The summed E-state index contributed by atoms with van der Waals surface area (Å²) in [5.74, 6) is -8.86. The molecule has 1 aliphatic carbocycles. The fourth-order valence-electron chi connectivity index (χ4n) is 4.38. The van der Waals surface area contributed by atoms with Crippen molar-refractivity contribution in [1.82, 2.24) is 0 Å². The molecule has 0 fully saturated rings. The van der Waals surface area contributed by atoms with Crippen LogP contribution in [0.1, 0.15) is 47.9 Å². The molecule has 0 nitrogen and oxygen atoms in total. The van der Waals surface area contributed by atoms with E-state index in [2.05, 4.69) is 6.92 Å². The van der Waals surface area contributed by atoms with Crippen LogP contribution in [-0.2, 0) is 19.3 Å². The van der Waals surface area contributed by atoms with E-state index in [9.17, 15) is 22.0 Å². The van der Waals surface area contributed by atoms with E-state index in [0.717, 1.165) is 18.4 Å². The van der Waals surface area contributed by atoms with Gasteiger partial charge < -0.3 is 0 Å². The Hall–Kier alpha value is -2.76. The molecule has 162 valence electrons. The first kappa shape index (κ1) is 21.5. The van der Waals surface area contributed by atoms with Crippen LogP contribution in [0, 0.1) is 34.9 Å². The summed E-state index contributed by atoms with van der Waals surface area (Å²) in [6.45, 7) is 2.08. The highest BCUT2D eigenvalue weighted by atomic mass is 19.2. The lowest BCUT2D eigenvalue weighted by molar-refractivity contribution is 0.445. The standard InChI is InChI=1S/C25H20F6/c1-2-3-13-4-6-14(7-5-13)15-8-9-17-18(10-15)23(29)25(31)21(22(17)28)16-11-19(26)24(30)20(27)12-16/h4-7,11-12,15H,2-3,8-10H2,1H3. The average Bonchev–Trinajstić information content (AvgIpc) is 2.76. The van der Waals surface area contributed by atoms with Gasteiger partial charge >= 0.3 is 0 Å². The van der Waals surface area contributed by atoms with Crippen LogP contribution >= 0.6 is 0 Å². The van der Waals surface area contributed by atoms with E-state index in [-0.39, 0.29) is 29.9 Å². The van der Waals surface area contributed by atoms with Crippen LogP contribution in [0.5, 0.6) is 0 Å². The van der Waals surface area contributed by atoms with Gasteiger partial charge in [0.25, 0.3) is 0 Å². The molecule has 0 saturated heterocycles. The van der Waals surface area contributed by atoms with Crippen LogP contribution in [0.15, 0.2) is 36.4 Å². The topological polar surface area (TPSA) is 0 Å². The number of rotatable bonds is 4. The van der Waals surface area contributed by atoms with Gasteiger partial charge in [0.2, 0.25) is 0 Å². The molecule has 0 radical (unpaired) electrons. The van der Waals surface area contributed by atoms with E-state index in [1.807, 2.05) is 24.3 Å². The van der Waals surface area contributed by atoms with Crippen molar-refractivity contribution in [1.29, 1.82) is 0 Å². The lowest BCUT2D eigenvalue weighted by Gasteiger charge is -2.27. The fraction of sp³-hybridized carbons (Fsp3) is 0.280. The van der Waals surface area contributed by atoms with Gasteiger partial charge in [-0.05, 0) is 71.6 Å². The Morgan fingerprint density at radius 1 is 0.774 bits per heavy atom. The minimum atomic E-state index is -1.75. The van der Waals surface area contributed by atoms with Crippen LogP contribution < -0.4 is 0 Å². The molecule has 3 aromatic carbocycles. The third-order valence-corrected chi connectivity index (χ3v) is 5.98. The molecule has 0 bridgehead atoms. The fourth-order valence-corrected chi connectivity index (χ4v) is 4.38. The van der Waals surface area contributed by atoms with Crippen molar-refractivity contribution in [2.75, 3.05) is 0 Å². The zero-order chi connectivity index (χ0) is 22.3. The normalized spacial score (nSPS) is 15.8. The number of aryl methyl sites for hydroxylation is 1. The monoisotopic (exact) mass is 434 g/mol. The molecule has 0 aliphatic heterocycles. The van der Waals surface area contributed by atoms with E-state index in [0.29, 0.717) is 18.6 Å². The second-order valence-electron chi connectivity index (χ2n) is 7.96. The van der Waals surface area contributed by atoms with Gasteiger partial charge in [-0.1, -0.05) is 37.6 Å². The van der Waals surface area contributed by atoms with Crippen molar-refractivity contribution in [3.63, 3.8) is 0 Å². The maximum Gasteiger partial charge on any atom is 0.194 e. The van der Waals surface area contributed by atoms with Crippen molar-refractivity contribution in [3.8, 4) is 11.1 Å². The van der Waals surface area contributed by atoms with E-state index >= 15 is 4.39 Å². The molecule has 0 saturated carbocycles. The maximum atomic E-state index is 15.2. The maximum absolute atomic E-state index is 15.2. The van der Waals surface area contributed by atoms with Crippen LogP contribution in [0.4, 0.5) is 26.3 Å². The quantitative estimate of drug-likeness (QED) is 0.228. The molecule has 0 aromatic heterocycles. The van der Waals surface area contributed by atoms with Crippen LogP contribution in [-0.4, -0.2) is 0 Å². The van der Waals surface area contributed by atoms with Gasteiger partial charge in [0.1, 0.15) is 5.82 Å². The number of benzene rings is 3. The summed E-state index contributed by atoms with van der Waals surface area (Å²) in [7, 11) is 0. The smallest absolute Gasteiger partial charge is 0.194 e. The number of hydrogen-bond acceptors (Lipinski definition) is 0. The molecule has 1 unspecified atom stereocenters. The molecular weight excluding hydrogens is 414 g/mol. The molecule has 0 N–H and O–H groups in total. The molecular formula is C25H20F6. The molecule has 4 rings (SSSR count). The van der Waals surface area contributed by atoms with Gasteiger partial charge in [-0.2, -0.15) is 0 Å². The molecule has 31 heavy (non-hydrogen) atoms. The van der Waals surface area contributed by atoms with Crippen molar-refractivity contribution in [2.24, 2.45) is 0 Å². The summed E-state index contributed by atoms with van der Waals surface area (Å²) in [6.07, 6.45) is 2.76. The Labute approximate surface area is 176 Å². The minimum absolute atomic E-state index is 0.00195. The van der Waals surface area contributed by atoms with Crippen LogP contribution in [0.25, 0.3) is 11.1 Å². The first-order chi connectivity index (χ1) is 14.8. The SMILES string of the molecule is CCCc1ccc(C2CCc3c(F)c(-c4cc(F)c(F)c(F)c4)c(F)c(F)c3C2)cc1. The number of halogens is 6. The Kier molecular flexibility index (Phi) is 5.82. The lowest BCUT2D eigenvalue weighted by Crippen LogP contribution is -2.18. The first-order valence-corrected chi connectivity index (χ1v) is 10.2. The highest BCUT2D eigenvalue weighted by Crippen LogP contribution is 2.40. The predicted octanol–water partition coefficient (Wildman–Crippen LogP) is 7.41. The molecule has 1 atom stereocenters. The van der Waals surface area contributed by atoms with Gasteiger partial charge in [-0.15, -0.1) is 0 Å². The average molecular weight is 434 g/mol. The Balaban J connectivity index is 1.73. The van der Waals surface area contributed by atoms with E-state index < -0.39 is 46.0 Å². The molecule has 0 spiro atoms. The number of fused-ring (bicyclic) bond motifs is 1. The van der Waals surface area contributed by atoms with Gasteiger partial charge in [0, 0.05) is 0 Å². The molecule has 1 aliphatic rings. The van der Waals surface area contributed by atoms with Crippen LogP contribution in [0.3, 0.4) is 0 Å². The summed E-state index contributed by atoms with van der Waals surface area (Å²) in [5.41, 5.74) is 0.637. The summed E-state index contributed by atoms with van der Waals surface area (Å²) >= 11 is 0. The van der Waals surface area contributed by atoms with E-state index in [1.54, 1.807) is 0 Å². The molecule has 6 heteroatoms. The van der Waals surface area contributed by atoms with Crippen molar-refractivity contribution < 1.29 is 26.3 Å². The Bertz CT molecular complexity index is 1110. The summed E-state index contributed by atoms with van der Waals surface area (Å²) in [4.78, 5) is 0. The first-order valence-electron chi connectivity index (χ1n) is 10.2. The highest BCUT2D eigenvalue weighted by Gasteiger charge is 2.31. The highest BCUT2D eigenvalue weighted by molar-refractivity contribution is 5.67. The largest absolute Gasteiger partial charge is 0.206 e. The van der Waals surface area contributed by atoms with E-state index in [1.165, 1.54) is 5.56 Å². The van der Waals surface area contributed by atoms with Crippen molar-refractivity contribution in [3.05, 3.63) is 93.6 Å². The van der Waals surface area contributed by atoms with Gasteiger partial charge in [-0.3, -0.25) is 0 Å². The second kappa shape index (κ2) is 8.40. The molecule has 0 amide bonds. The van der Waals surface area contributed by atoms with Crippen molar-refractivity contribution in [2.45, 2.75) is 44.9 Å². The van der Waals surface area contributed by atoms with Gasteiger partial charge in [0.05, 0.1) is 5.56 Å². The molecule has 3 aromatic rings. The lowest BCUT2D eigenvalue weighted by atomic mass is 9.78. The van der Waals surface area contributed by atoms with Crippen molar-refractivity contribution >= 4 is 0 Å². The Morgan fingerprint density at radius 2 is 1.42 bits per heavy atom. The summed E-state index contributed by atoms with van der Waals surface area (Å²) in [6, 6.07) is 8.87. The number of hydrogen-bond donors (Lipinski definition) is 0. The van der Waals surface area contributed by atoms with Gasteiger partial charge in [-0.25, -0.2) is 26.3 Å². The van der Waals surface area contributed by atoms with Crippen LogP contribution in [0.2, 0.25) is 0 Å². The third kappa shape index (κ3) is 3.84. The van der Waals surface area contributed by atoms with Gasteiger partial charge in [0.15, 0.2) is 29.1 Å². The minimum Gasteiger partial charge on any atom is -0.206 e.